The molecule has 0 saturated heterocycles. The lowest BCUT2D eigenvalue weighted by molar-refractivity contribution is -0.00477. The molecule has 1 fully saturated rings. The fourth-order valence-corrected chi connectivity index (χ4v) is 3.75. The van der Waals surface area contributed by atoms with Crippen LogP contribution in [-0.2, 0) is 14.8 Å². The Morgan fingerprint density at radius 2 is 2.14 bits per heavy atom. The molecule has 0 radical (unpaired) electrons. The maximum absolute atomic E-state index is 12.3. The third-order valence-corrected chi connectivity index (χ3v) is 4.91. The number of carboxylic acids is 1. The van der Waals surface area contributed by atoms with Crippen LogP contribution in [0.15, 0.2) is 23.1 Å². The van der Waals surface area contributed by atoms with Gasteiger partial charge < -0.3 is 15.6 Å². The summed E-state index contributed by atoms with van der Waals surface area (Å²) in [6.07, 6.45) is 1.22. The van der Waals surface area contributed by atoms with Crippen molar-refractivity contribution in [1.82, 2.24) is 4.72 Å². The van der Waals surface area contributed by atoms with Crippen LogP contribution in [0.5, 0.6) is 0 Å². The van der Waals surface area contributed by atoms with Crippen LogP contribution in [-0.4, -0.2) is 38.2 Å². The number of sulfonamides is 1. The second-order valence-corrected chi connectivity index (χ2v) is 6.61. The number of carbonyl (C=O) groups is 1. The molecule has 0 aromatic heterocycles. The SMILES string of the molecule is CCOC1CC(NS(=O)(=O)c2cc(N)ccc2C(=O)O)C1. The monoisotopic (exact) mass is 314 g/mol. The Kier molecular flexibility index (Phi) is 4.50. The highest BCUT2D eigenvalue weighted by atomic mass is 32.2. The second-order valence-electron chi connectivity index (χ2n) is 4.93. The predicted octanol–water partition coefficient (Wildman–Crippen LogP) is 0.813. The van der Waals surface area contributed by atoms with E-state index in [1.54, 1.807) is 0 Å². The van der Waals surface area contributed by atoms with Crippen LogP contribution in [0.25, 0.3) is 0 Å². The molecule has 0 bridgehead atoms. The zero-order valence-corrected chi connectivity index (χ0v) is 12.4. The van der Waals surface area contributed by atoms with E-state index in [1.165, 1.54) is 12.1 Å². The lowest BCUT2D eigenvalue weighted by Gasteiger charge is -2.35. The molecule has 8 heteroatoms. The van der Waals surface area contributed by atoms with Gasteiger partial charge in [0.05, 0.1) is 16.6 Å². The number of ether oxygens (including phenoxy) is 1. The number of aromatic carboxylic acids is 1. The molecule has 1 aliphatic rings. The molecule has 7 nitrogen and oxygen atoms in total. The van der Waals surface area contributed by atoms with Gasteiger partial charge in [-0.15, -0.1) is 0 Å². The summed E-state index contributed by atoms with van der Waals surface area (Å²) in [6.45, 7) is 2.46. The first-order valence-corrected chi connectivity index (χ1v) is 8.08. The van der Waals surface area contributed by atoms with Gasteiger partial charge in [0.25, 0.3) is 0 Å². The summed E-state index contributed by atoms with van der Waals surface area (Å²) in [5, 5.41) is 9.08. The smallest absolute Gasteiger partial charge is 0.337 e. The Labute approximate surface area is 123 Å². The van der Waals surface area contributed by atoms with Crippen LogP contribution in [0, 0.1) is 0 Å². The molecule has 116 valence electrons. The highest BCUT2D eigenvalue weighted by Crippen LogP contribution is 2.26. The van der Waals surface area contributed by atoms with Crippen LogP contribution in [0.3, 0.4) is 0 Å². The minimum absolute atomic E-state index is 0.0579. The number of rotatable bonds is 6. The van der Waals surface area contributed by atoms with Crippen molar-refractivity contribution in [3.05, 3.63) is 23.8 Å². The van der Waals surface area contributed by atoms with Crippen LogP contribution < -0.4 is 10.5 Å². The molecule has 2 rings (SSSR count). The second kappa shape index (κ2) is 6.00. The van der Waals surface area contributed by atoms with Crippen LogP contribution >= 0.6 is 0 Å². The normalized spacial score (nSPS) is 21.8. The fourth-order valence-electron chi connectivity index (χ4n) is 2.25. The molecule has 0 unspecified atom stereocenters. The van der Waals surface area contributed by atoms with Crippen molar-refractivity contribution >= 4 is 21.7 Å². The van der Waals surface area contributed by atoms with E-state index in [-0.39, 0.29) is 28.3 Å². The van der Waals surface area contributed by atoms with E-state index in [0.717, 1.165) is 6.07 Å². The van der Waals surface area contributed by atoms with Gasteiger partial charge in [0.1, 0.15) is 0 Å². The summed E-state index contributed by atoms with van der Waals surface area (Å²) in [6, 6.07) is 3.46. The van der Waals surface area contributed by atoms with Crippen LogP contribution in [0.4, 0.5) is 5.69 Å². The predicted molar refractivity (Wildman–Crippen MR) is 76.6 cm³/mol. The number of benzene rings is 1. The molecule has 0 heterocycles. The lowest BCUT2D eigenvalue weighted by Crippen LogP contribution is -2.47. The Morgan fingerprint density at radius 3 is 2.71 bits per heavy atom. The molecule has 21 heavy (non-hydrogen) atoms. The van der Waals surface area contributed by atoms with Crippen molar-refractivity contribution in [1.29, 1.82) is 0 Å². The number of nitrogen functional groups attached to an aromatic ring is 1. The number of nitrogens with two attached hydrogens (primary N) is 1. The summed E-state index contributed by atoms with van der Waals surface area (Å²) in [5.41, 5.74) is 5.46. The first-order valence-electron chi connectivity index (χ1n) is 6.60. The number of carboxylic acid groups (broad SMARTS) is 1. The van der Waals surface area contributed by atoms with E-state index in [0.29, 0.717) is 19.4 Å². The number of nitrogens with one attached hydrogen (secondary N) is 1. The molecule has 1 aromatic rings. The summed E-state index contributed by atoms with van der Waals surface area (Å²) in [5.74, 6) is -1.31. The number of anilines is 1. The van der Waals surface area contributed by atoms with Crippen LogP contribution in [0.1, 0.15) is 30.1 Å². The van der Waals surface area contributed by atoms with Crippen molar-refractivity contribution in [3.63, 3.8) is 0 Å². The van der Waals surface area contributed by atoms with Gasteiger partial charge in [-0.3, -0.25) is 0 Å². The Balaban J connectivity index is 2.17. The van der Waals surface area contributed by atoms with Crippen molar-refractivity contribution in [3.8, 4) is 0 Å². The standard InChI is InChI=1S/C13H18N2O5S/c1-2-20-10-6-9(7-10)15-21(18,19)12-5-8(14)3-4-11(12)13(16)17/h3-5,9-10,15H,2,6-7,14H2,1H3,(H,16,17). The third kappa shape index (κ3) is 3.52. The minimum atomic E-state index is -3.92. The highest BCUT2D eigenvalue weighted by Gasteiger charge is 2.34. The minimum Gasteiger partial charge on any atom is -0.478 e. The molecule has 1 aromatic carbocycles. The average Bonchev–Trinajstić information content (AvgIpc) is 2.35. The molecule has 0 amide bonds. The Hall–Kier alpha value is -1.64. The summed E-state index contributed by atoms with van der Waals surface area (Å²) < 4.78 is 32.5. The van der Waals surface area contributed by atoms with Gasteiger partial charge in [0.15, 0.2) is 0 Å². The highest BCUT2D eigenvalue weighted by molar-refractivity contribution is 7.89. The lowest BCUT2D eigenvalue weighted by atomic mass is 9.90. The van der Waals surface area contributed by atoms with Gasteiger partial charge in [-0.2, -0.15) is 0 Å². The number of hydrogen-bond donors (Lipinski definition) is 3. The maximum atomic E-state index is 12.3. The van der Waals surface area contributed by atoms with E-state index in [2.05, 4.69) is 4.72 Å². The first kappa shape index (κ1) is 15.7. The third-order valence-electron chi connectivity index (χ3n) is 3.34. The maximum Gasteiger partial charge on any atom is 0.337 e. The van der Waals surface area contributed by atoms with Gasteiger partial charge in [0, 0.05) is 18.3 Å². The molecular formula is C13H18N2O5S. The van der Waals surface area contributed by atoms with Gasteiger partial charge in [0.2, 0.25) is 10.0 Å². The van der Waals surface area contributed by atoms with Gasteiger partial charge >= 0.3 is 5.97 Å². The molecule has 4 N–H and O–H groups in total. The van der Waals surface area contributed by atoms with Crippen molar-refractivity contribution in [2.45, 2.75) is 36.8 Å². The van der Waals surface area contributed by atoms with Gasteiger partial charge in [-0.05, 0) is 38.0 Å². The van der Waals surface area contributed by atoms with Crippen molar-refractivity contribution < 1.29 is 23.1 Å². The largest absolute Gasteiger partial charge is 0.478 e. The fraction of sp³-hybridized carbons (Fsp3) is 0.462. The van der Waals surface area contributed by atoms with Crippen molar-refractivity contribution in [2.24, 2.45) is 0 Å². The van der Waals surface area contributed by atoms with E-state index < -0.39 is 16.0 Å². The van der Waals surface area contributed by atoms with E-state index >= 15 is 0 Å². The van der Waals surface area contributed by atoms with Gasteiger partial charge in [-0.25, -0.2) is 17.9 Å². The molecule has 0 aliphatic heterocycles. The Morgan fingerprint density at radius 1 is 1.48 bits per heavy atom. The molecule has 1 aliphatic carbocycles. The average molecular weight is 314 g/mol. The van der Waals surface area contributed by atoms with Crippen LogP contribution in [0.2, 0.25) is 0 Å². The summed E-state index contributed by atoms with van der Waals surface area (Å²) in [7, 11) is -3.92. The Bertz CT molecular complexity index is 638. The molecule has 1 saturated carbocycles. The van der Waals surface area contributed by atoms with Crippen molar-refractivity contribution in [2.75, 3.05) is 12.3 Å². The summed E-state index contributed by atoms with van der Waals surface area (Å²) in [4.78, 5) is 10.8. The molecule has 0 spiro atoms. The number of hydrogen-bond acceptors (Lipinski definition) is 5. The zero-order valence-electron chi connectivity index (χ0n) is 11.6. The quantitative estimate of drug-likeness (QED) is 0.669. The topological polar surface area (TPSA) is 119 Å². The first-order chi connectivity index (χ1) is 9.83. The molecule has 0 atom stereocenters. The zero-order chi connectivity index (χ0) is 15.6. The van der Waals surface area contributed by atoms with E-state index in [1.807, 2.05) is 6.92 Å². The van der Waals surface area contributed by atoms with E-state index in [4.69, 9.17) is 15.6 Å². The van der Waals surface area contributed by atoms with Gasteiger partial charge in [-0.1, -0.05) is 0 Å². The summed E-state index contributed by atoms with van der Waals surface area (Å²) >= 11 is 0. The van der Waals surface area contributed by atoms with E-state index in [9.17, 15) is 13.2 Å². The molecular weight excluding hydrogens is 296 g/mol.